The third-order valence-corrected chi connectivity index (χ3v) is 3.67. The van der Waals surface area contributed by atoms with Gasteiger partial charge in [0.2, 0.25) is 0 Å². The van der Waals surface area contributed by atoms with E-state index in [4.69, 9.17) is 4.74 Å². The SMILES string of the molecule is CCCOc1ccc(C(=O)N2CCCCC2CO)cc1. The lowest BCUT2D eigenvalue weighted by Crippen LogP contribution is -2.45. The van der Waals surface area contributed by atoms with E-state index >= 15 is 0 Å². The summed E-state index contributed by atoms with van der Waals surface area (Å²) in [6.45, 7) is 3.52. The van der Waals surface area contributed by atoms with E-state index in [1.807, 2.05) is 12.1 Å². The van der Waals surface area contributed by atoms with Crippen molar-refractivity contribution in [3.8, 4) is 5.75 Å². The topological polar surface area (TPSA) is 49.8 Å². The fourth-order valence-corrected chi connectivity index (χ4v) is 2.54. The standard InChI is InChI=1S/C16H23NO3/c1-2-11-20-15-8-6-13(7-9-15)16(19)17-10-4-3-5-14(17)12-18/h6-9,14,18H,2-5,10-12H2,1H3. The first-order chi connectivity index (χ1) is 9.76. The lowest BCUT2D eigenvalue weighted by atomic mass is 10.0. The number of likely N-dealkylation sites (tertiary alicyclic amines) is 1. The van der Waals surface area contributed by atoms with Gasteiger partial charge in [-0.05, 0) is 49.9 Å². The van der Waals surface area contributed by atoms with Crippen LogP contribution < -0.4 is 4.74 Å². The molecule has 1 unspecified atom stereocenters. The Balaban J connectivity index is 2.04. The van der Waals surface area contributed by atoms with E-state index in [2.05, 4.69) is 6.92 Å². The van der Waals surface area contributed by atoms with Gasteiger partial charge in [0.1, 0.15) is 5.75 Å². The summed E-state index contributed by atoms with van der Waals surface area (Å²) < 4.78 is 5.51. The molecule has 0 radical (unpaired) electrons. The van der Waals surface area contributed by atoms with Crippen molar-refractivity contribution in [1.82, 2.24) is 4.90 Å². The Morgan fingerprint density at radius 1 is 1.35 bits per heavy atom. The molecular weight excluding hydrogens is 254 g/mol. The Kier molecular flexibility index (Phi) is 5.41. The third kappa shape index (κ3) is 3.51. The summed E-state index contributed by atoms with van der Waals surface area (Å²) in [5.74, 6) is 0.798. The predicted octanol–water partition coefficient (Wildman–Crippen LogP) is 2.46. The van der Waals surface area contributed by atoms with Gasteiger partial charge < -0.3 is 14.7 Å². The number of hydrogen-bond donors (Lipinski definition) is 1. The second-order valence-electron chi connectivity index (χ2n) is 5.20. The van der Waals surface area contributed by atoms with Crippen LogP contribution in [0.25, 0.3) is 0 Å². The molecule has 20 heavy (non-hydrogen) atoms. The van der Waals surface area contributed by atoms with Gasteiger partial charge in [-0.2, -0.15) is 0 Å². The summed E-state index contributed by atoms with van der Waals surface area (Å²) in [7, 11) is 0. The molecule has 4 nitrogen and oxygen atoms in total. The largest absolute Gasteiger partial charge is 0.494 e. The minimum absolute atomic E-state index is 0.00536. The lowest BCUT2D eigenvalue weighted by Gasteiger charge is -2.34. The molecule has 1 heterocycles. The summed E-state index contributed by atoms with van der Waals surface area (Å²) in [6.07, 6.45) is 3.95. The summed E-state index contributed by atoms with van der Waals surface area (Å²) in [6, 6.07) is 7.24. The van der Waals surface area contributed by atoms with Gasteiger partial charge in [0.15, 0.2) is 0 Å². The van der Waals surface area contributed by atoms with Crippen molar-refractivity contribution < 1.29 is 14.6 Å². The summed E-state index contributed by atoms with van der Waals surface area (Å²) >= 11 is 0. The molecule has 0 aliphatic carbocycles. The Bertz CT molecular complexity index is 430. The van der Waals surface area contributed by atoms with E-state index in [1.54, 1.807) is 17.0 Å². The zero-order chi connectivity index (χ0) is 14.4. The first-order valence-corrected chi connectivity index (χ1v) is 7.41. The fraction of sp³-hybridized carbons (Fsp3) is 0.562. The van der Waals surface area contributed by atoms with E-state index in [9.17, 15) is 9.90 Å². The van der Waals surface area contributed by atoms with Crippen LogP contribution in [0.2, 0.25) is 0 Å². The number of hydrogen-bond acceptors (Lipinski definition) is 3. The molecule has 1 N–H and O–H groups in total. The van der Waals surface area contributed by atoms with E-state index in [0.717, 1.165) is 38.0 Å². The molecule has 0 bridgehead atoms. The third-order valence-electron chi connectivity index (χ3n) is 3.67. The molecule has 110 valence electrons. The molecule has 1 aromatic carbocycles. The molecule has 0 spiro atoms. The van der Waals surface area contributed by atoms with Crippen LogP contribution in [-0.2, 0) is 0 Å². The lowest BCUT2D eigenvalue weighted by molar-refractivity contribution is 0.0503. The second kappa shape index (κ2) is 7.29. The van der Waals surface area contributed by atoms with Crippen LogP contribution in [-0.4, -0.2) is 41.7 Å². The minimum atomic E-state index is -0.0349. The normalized spacial score (nSPS) is 18.9. The van der Waals surface area contributed by atoms with Crippen molar-refractivity contribution in [2.24, 2.45) is 0 Å². The zero-order valence-electron chi connectivity index (χ0n) is 12.0. The molecule has 1 saturated heterocycles. The van der Waals surface area contributed by atoms with E-state index in [-0.39, 0.29) is 18.6 Å². The quantitative estimate of drug-likeness (QED) is 0.899. The molecule has 2 rings (SSSR count). The Hall–Kier alpha value is -1.55. The van der Waals surface area contributed by atoms with Crippen LogP contribution in [0, 0.1) is 0 Å². The number of aliphatic hydroxyl groups is 1. The molecule has 4 heteroatoms. The fourth-order valence-electron chi connectivity index (χ4n) is 2.54. The van der Waals surface area contributed by atoms with Crippen molar-refractivity contribution in [3.63, 3.8) is 0 Å². The summed E-state index contributed by atoms with van der Waals surface area (Å²) in [4.78, 5) is 14.3. The molecule has 1 atom stereocenters. The highest BCUT2D eigenvalue weighted by Gasteiger charge is 2.26. The van der Waals surface area contributed by atoms with Gasteiger partial charge in [-0.3, -0.25) is 4.79 Å². The molecule has 1 aromatic rings. The summed E-state index contributed by atoms with van der Waals surface area (Å²) in [5.41, 5.74) is 0.661. The number of nitrogens with zero attached hydrogens (tertiary/aromatic N) is 1. The van der Waals surface area contributed by atoms with Gasteiger partial charge in [-0.1, -0.05) is 6.92 Å². The van der Waals surface area contributed by atoms with Crippen LogP contribution >= 0.6 is 0 Å². The van der Waals surface area contributed by atoms with Gasteiger partial charge in [-0.25, -0.2) is 0 Å². The summed E-state index contributed by atoms with van der Waals surface area (Å²) in [5, 5.41) is 9.38. The average molecular weight is 277 g/mol. The monoisotopic (exact) mass is 277 g/mol. The smallest absolute Gasteiger partial charge is 0.254 e. The van der Waals surface area contributed by atoms with Crippen LogP contribution in [0.3, 0.4) is 0 Å². The number of ether oxygens (including phenoxy) is 1. The Morgan fingerprint density at radius 2 is 2.10 bits per heavy atom. The first kappa shape index (κ1) is 14.9. The molecule has 1 amide bonds. The van der Waals surface area contributed by atoms with Crippen molar-refractivity contribution >= 4 is 5.91 Å². The zero-order valence-corrected chi connectivity index (χ0v) is 12.0. The maximum Gasteiger partial charge on any atom is 0.254 e. The molecular formula is C16H23NO3. The van der Waals surface area contributed by atoms with Gasteiger partial charge in [0.05, 0.1) is 19.3 Å². The van der Waals surface area contributed by atoms with E-state index in [0.29, 0.717) is 12.2 Å². The maximum atomic E-state index is 12.5. The highest BCUT2D eigenvalue weighted by atomic mass is 16.5. The van der Waals surface area contributed by atoms with Crippen molar-refractivity contribution in [2.75, 3.05) is 19.8 Å². The number of piperidine rings is 1. The van der Waals surface area contributed by atoms with Crippen LogP contribution in [0.15, 0.2) is 24.3 Å². The maximum absolute atomic E-state index is 12.5. The molecule has 1 aliphatic heterocycles. The molecule has 0 saturated carbocycles. The highest BCUT2D eigenvalue weighted by molar-refractivity contribution is 5.94. The number of amides is 1. The number of rotatable bonds is 5. The van der Waals surface area contributed by atoms with Crippen molar-refractivity contribution in [2.45, 2.75) is 38.6 Å². The number of aliphatic hydroxyl groups excluding tert-OH is 1. The highest BCUT2D eigenvalue weighted by Crippen LogP contribution is 2.20. The molecule has 0 aromatic heterocycles. The number of benzene rings is 1. The van der Waals surface area contributed by atoms with Gasteiger partial charge >= 0.3 is 0 Å². The van der Waals surface area contributed by atoms with E-state index in [1.165, 1.54) is 0 Å². The predicted molar refractivity (Wildman–Crippen MR) is 78.0 cm³/mol. The number of carbonyl (C=O) groups is 1. The molecule has 1 aliphatic rings. The van der Waals surface area contributed by atoms with E-state index < -0.39 is 0 Å². The van der Waals surface area contributed by atoms with Gasteiger partial charge in [0.25, 0.3) is 5.91 Å². The second-order valence-corrected chi connectivity index (χ2v) is 5.20. The van der Waals surface area contributed by atoms with Gasteiger partial charge in [0, 0.05) is 12.1 Å². The van der Waals surface area contributed by atoms with Crippen molar-refractivity contribution in [1.29, 1.82) is 0 Å². The number of carbonyl (C=O) groups excluding carboxylic acids is 1. The Morgan fingerprint density at radius 3 is 2.75 bits per heavy atom. The van der Waals surface area contributed by atoms with Crippen LogP contribution in [0.5, 0.6) is 5.75 Å². The van der Waals surface area contributed by atoms with Crippen molar-refractivity contribution in [3.05, 3.63) is 29.8 Å². The van der Waals surface area contributed by atoms with Gasteiger partial charge in [-0.15, -0.1) is 0 Å². The first-order valence-electron chi connectivity index (χ1n) is 7.41. The molecule has 1 fully saturated rings. The van der Waals surface area contributed by atoms with Crippen LogP contribution in [0.4, 0.5) is 0 Å². The average Bonchev–Trinajstić information content (AvgIpc) is 2.52. The minimum Gasteiger partial charge on any atom is -0.494 e. The Labute approximate surface area is 120 Å². The van der Waals surface area contributed by atoms with Crippen LogP contribution in [0.1, 0.15) is 43.0 Å².